The minimum Gasteiger partial charge on any atom is -0.341 e. The Bertz CT molecular complexity index is 129. The quantitative estimate of drug-likeness (QED) is 0.530. The zero-order valence-electron chi connectivity index (χ0n) is 6.13. The molecular weight excluding hydrogens is 148 g/mol. The molecule has 0 saturated carbocycles. The van der Waals surface area contributed by atoms with Crippen molar-refractivity contribution in [3.05, 3.63) is 0 Å². The van der Waals surface area contributed by atoms with Crippen molar-refractivity contribution >= 4 is 19.4 Å². The standard InChI is InChI=1S/C6H12N2O.H2S/c1-5(9)8-3-2-6(7)4-8;/h6H,2-4,7H2,1H3;1H2/t6-;/m0./s1. The van der Waals surface area contributed by atoms with Gasteiger partial charge >= 0.3 is 0 Å². The molecule has 3 nitrogen and oxygen atoms in total. The lowest BCUT2D eigenvalue weighted by atomic mass is 10.3. The highest BCUT2D eigenvalue weighted by atomic mass is 32.1. The van der Waals surface area contributed by atoms with Gasteiger partial charge in [0.2, 0.25) is 5.91 Å². The van der Waals surface area contributed by atoms with Gasteiger partial charge in [0.05, 0.1) is 0 Å². The Hall–Kier alpha value is -0.220. The molecule has 1 rings (SSSR count). The van der Waals surface area contributed by atoms with Crippen molar-refractivity contribution in [2.24, 2.45) is 5.73 Å². The molecule has 0 aromatic carbocycles. The van der Waals surface area contributed by atoms with Gasteiger partial charge < -0.3 is 10.6 Å². The lowest BCUT2D eigenvalue weighted by molar-refractivity contribution is -0.127. The van der Waals surface area contributed by atoms with E-state index < -0.39 is 0 Å². The van der Waals surface area contributed by atoms with E-state index in [0.29, 0.717) is 0 Å². The normalized spacial score (nSPS) is 24.2. The van der Waals surface area contributed by atoms with Crippen LogP contribution in [0, 0.1) is 0 Å². The number of likely N-dealkylation sites (tertiary alicyclic amines) is 1. The molecule has 0 aliphatic carbocycles. The molecule has 1 fully saturated rings. The van der Waals surface area contributed by atoms with Gasteiger partial charge in [-0.1, -0.05) is 0 Å². The van der Waals surface area contributed by atoms with Gasteiger partial charge in [0.1, 0.15) is 0 Å². The summed E-state index contributed by atoms with van der Waals surface area (Å²) < 4.78 is 0. The first kappa shape index (κ1) is 9.78. The predicted molar refractivity (Wildman–Crippen MR) is 45.2 cm³/mol. The van der Waals surface area contributed by atoms with Crippen LogP contribution in [0.1, 0.15) is 13.3 Å². The molecule has 1 saturated heterocycles. The average Bonchev–Trinajstić information content (AvgIpc) is 2.14. The fraction of sp³-hybridized carbons (Fsp3) is 0.833. The van der Waals surface area contributed by atoms with E-state index in [1.165, 1.54) is 0 Å². The summed E-state index contributed by atoms with van der Waals surface area (Å²) >= 11 is 0. The van der Waals surface area contributed by atoms with Crippen LogP contribution in [-0.4, -0.2) is 29.9 Å². The summed E-state index contributed by atoms with van der Waals surface area (Å²) in [5, 5.41) is 0. The van der Waals surface area contributed by atoms with Crippen LogP contribution in [0.25, 0.3) is 0 Å². The van der Waals surface area contributed by atoms with Gasteiger partial charge in [-0.05, 0) is 6.42 Å². The zero-order valence-corrected chi connectivity index (χ0v) is 7.13. The molecule has 60 valence electrons. The molecular formula is C6H14N2OS. The van der Waals surface area contributed by atoms with Gasteiger partial charge in [0.25, 0.3) is 0 Å². The third kappa shape index (κ3) is 2.19. The van der Waals surface area contributed by atoms with Crippen LogP contribution in [-0.2, 0) is 4.79 Å². The first-order chi connectivity index (χ1) is 4.20. The molecule has 1 aliphatic heterocycles. The first-order valence-electron chi connectivity index (χ1n) is 3.21. The Labute approximate surface area is 68.0 Å². The zero-order chi connectivity index (χ0) is 6.85. The van der Waals surface area contributed by atoms with Gasteiger partial charge in [-0.15, -0.1) is 0 Å². The summed E-state index contributed by atoms with van der Waals surface area (Å²) in [6.45, 7) is 3.17. The van der Waals surface area contributed by atoms with Gasteiger partial charge in [0, 0.05) is 26.1 Å². The average molecular weight is 162 g/mol. The molecule has 0 unspecified atom stereocenters. The number of carbonyl (C=O) groups is 1. The summed E-state index contributed by atoms with van der Waals surface area (Å²) in [5.74, 6) is 0.142. The minimum atomic E-state index is 0. The Morgan fingerprint density at radius 3 is 2.50 bits per heavy atom. The van der Waals surface area contributed by atoms with Gasteiger partial charge in [-0.3, -0.25) is 4.79 Å². The molecule has 1 aliphatic rings. The molecule has 10 heavy (non-hydrogen) atoms. The number of nitrogens with two attached hydrogens (primary N) is 1. The second-order valence-corrected chi connectivity index (χ2v) is 2.51. The Balaban J connectivity index is 0.000000810. The third-order valence-corrected chi connectivity index (χ3v) is 1.67. The summed E-state index contributed by atoms with van der Waals surface area (Å²) in [6, 6.07) is 0.217. The molecule has 2 N–H and O–H groups in total. The summed E-state index contributed by atoms with van der Waals surface area (Å²) in [4.78, 5) is 12.4. The van der Waals surface area contributed by atoms with Crippen molar-refractivity contribution in [3.8, 4) is 0 Å². The lowest BCUT2D eigenvalue weighted by Crippen LogP contribution is -2.29. The topological polar surface area (TPSA) is 46.3 Å². The number of hydrogen-bond donors (Lipinski definition) is 1. The van der Waals surface area contributed by atoms with E-state index >= 15 is 0 Å². The Morgan fingerprint density at radius 2 is 2.30 bits per heavy atom. The van der Waals surface area contributed by atoms with Gasteiger partial charge in [-0.2, -0.15) is 13.5 Å². The van der Waals surface area contributed by atoms with Crippen molar-refractivity contribution in [2.75, 3.05) is 13.1 Å². The largest absolute Gasteiger partial charge is 0.341 e. The van der Waals surface area contributed by atoms with Crippen LogP contribution < -0.4 is 5.73 Å². The van der Waals surface area contributed by atoms with E-state index in [0.717, 1.165) is 19.5 Å². The molecule has 1 atom stereocenters. The number of carbonyl (C=O) groups excluding carboxylic acids is 1. The highest BCUT2D eigenvalue weighted by Crippen LogP contribution is 2.05. The van der Waals surface area contributed by atoms with Gasteiger partial charge in [0.15, 0.2) is 0 Å². The van der Waals surface area contributed by atoms with Crippen molar-refractivity contribution in [1.82, 2.24) is 4.90 Å². The molecule has 0 spiro atoms. The van der Waals surface area contributed by atoms with E-state index in [4.69, 9.17) is 5.73 Å². The van der Waals surface area contributed by atoms with Crippen molar-refractivity contribution in [2.45, 2.75) is 19.4 Å². The predicted octanol–water partition coefficient (Wildman–Crippen LogP) is -0.321. The van der Waals surface area contributed by atoms with Crippen LogP contribution in [0.3, 0.4) is 0 Å². The Morgan fingerprint density at radius 1 is 1.70 bits per heavy atom. The van der Waals surface area contributed by atoms with E-state index in [2.05, 4.69) is 0 Å². The first-order valence-corrected chi connectivity index (χ1v) is 3.21. The maximum Gasteiger partial charge on any atom is 0.219 e. The van der Waals surface area contributed by atoms with Gasteiger partial charge in [-0.25, -0.2) is 0 Å². The smallest absolute Gasteiger partial charge is 0.219 e. The van der Waals surface area contributed by atoms with Crippen molar-refractivity contribution in [3.63, 3.8) is 0 Å². The monoisotopic (exact) mass is 162 g/mol. The molecule has 0 radical (unpaired) electrons. The van der Waals surface area contributed by atoms with E-state index in [-0.39, 0.29) is 25.4 Å². The maximum atomic E-state index is 10.7. The number of amides is 1. The summed E-state index contributed by atoms with van der Waals surface area (Å²) in [7, 11) is 0. The number of nitrogens with zero attached hydrogens (tertiary/aromatic N) is 1. The molecule has 0 aromatic rings. The molecule has 4 heteroatoms. The van der Waals surface area contributed by atoms with Crippen LogP contribution in [0.5, 0.6) is 0 Å². The summed E-state index contributed by atoms with van der Waals surface area (Å²) in [6.07, 6.45) is 0.958. The lowest BCUT2D eigenvalue weighted by Gasteiger charge is -2.11. The fourth-order valence-electron chi connectivity index (χ4n) is 1.07. The van der Waals surface area contributed by atoms with Crippen LogP contribution in [0.15, 0.2) is 0 Å². The minimum absolute atomic E-state index is 0. The second kappa shape index (κ2) is 3.83. The van der Waals surface area contributed by atoms with Crippen molar-refractivity contribution < 1.29 is 4.79 Å². The van der Waals surface area contributed by atoms with Crippen molar-refractivity contribution in [1.29, 1.82) is 0 Å². The number of hydrogen-bond acceptors (Lipinski definition) is 2. The molecule has 1 amide bonds. The van der Waals surface area contributed by atoms with E-state index in [1.807, 2.05) is 0 Å². The van der Waals surface area contributed by atoms with Crippen LogP contribution >= 0.6 is 13.5 Å². The maximum absolute atomic E-state index is 10.7. The van der Waals surface area contributed by atoms with Crippen LogP contribution in [0.2, 0.25) is 0 Å². The van der Waals surface area contributed by atoms with Crippen LogP contribution in [0.4, 0.5) is 0 Å². The Kier molecular flexibility index (Phi) is 3.75. The molecule has 0 aromatic heterocycles. The molecule has 0 bridgehead atoms. The SMILES string of the molecule is CC(=O)N1CC[C@H](N)C1.S. The van der Waals surface area contributed by atoms with E-state index in [1.54, 1.807) is 11.8 Å². The fourth-order valence-corrected chi connectivity index (χ4v) is 1.07. The van der Waals surface area contributed by atoms with E-state index in [9.17, 15) is 4.79 Å². The third-order valence-electron chi connectivity index (χ3n) is 1.67. The highest BCUT2D eigenvalue weighted by Gasteiger charge is 2.20. The second-order valence-electron chi connectivity index (χ2n) is 2.51. The summed E-state index contributed by atoms with van der Waals surface area (Å²) in [5.41, 5.74) is 5.57. The highest BCUT2D eigenvalue weighted by molar-refractivity contribution is 7.59. The number of rotatable bonds is 0. The molecule has 1 heterocycles.